The van der Waals surface area contributed by atoms with Gasteiger partial charge in [0.05, 0.1) is 6.04 Å². The van der Waals surface area contributed by atoms with Gasteiger partial charge in [0.25, 0.3) is 0 Å². The van der Waals surface area contributed by atoms with Crippen LogP contribution in [0.1, 0.15) is 16.5 Å². The molecule has 1 aromatic carbocycles. The second kappa shape index (κ2) is 2.56. The third-order valence-corrected chi connectivity index (χ3v) is 3.99. The normalized spacial score (nSPS) is 20.8. The number of aryl methyl sites for hydroxylation is 1. The maximum Gasteiger partial charge on any atom is 0.0545 e. The number of benzene rings is 1. The van der Waals surface area contributed by atoms with Gasteiger partial charge < -0.3 is 5.32 Å². The van der Waals surface area contributed by atoms with Gasteiger partial charge in [0.1, 0.15) is 0 Å². The Morgan fingerprint density at radius 2 is 2.15 bits per heavy atom. The highest BCUT2D eigenvalue weighted by molar-refractivity contribution is 7.19. The summed E-state index contributed by atoms with van der Waals surface area (Å²) in [7, 11) is 0. The van der Waals surface area contributed by atoms with Gasteiger partial charge >= 0.3 is 0 Å². The number of hydrogen-bond donors (Lipinski definition) is 1. The topological polar surface area (TPSA) is 21.9 Å². The summed E-state index contributed by atoms with van der Waals surface area (Å²) >= 11 is 1.93. The van der Waals surface area contributed by atoms with Crippen LogP contribution in [-0.4, -0.2) is 6.54 Å². The number of hydrogen-bond acceptors (Lipinski definition) is 2. The Hall–Kier alpha value is -0.860. The highest BCUT2D eigenvalue weighted by Gasteiger charge is 2.26. The van der Waals surface area contributed by atoms with Gasteiger partial charge in [-0.05, 0) is 23.9 Å². The zero-order valence-corrected chi connectivity index (χ0v) is 8.32. The fourth-order valence-electron chi connectivity index (χ4n) is 1.77. The van der Waals surface area contributed by atoms with E-state index >= 15 is 0 Å². The van der Waals surface area contributed by atoms with Crippen LogP contribution in [0.5, 0.6) is 0 Å². The molecule has 2 aromatic rings. The van der Waals surface area contributed by atoms with Crippen molar-refractivity contribution in [3.05, 3.63) is 34.7 Å². The van der Waals surface area contributed by atoms with Crippen molar-refractivity contribution in [3.8, 4) is 0 Å². The highest BCUT2D eigenvalue weighted by atomic mass is 32.1. The summed E-state index contributed by atoms with van der Waals surface area (Å²) in [6.07, 6.45) is 0. The minimum Gasteiger partial charge on any atom is -0.306 e. The minimum atomic E-state index is 0.650. The van der Waals surface area contributed by atoms with Crippen LogP contribution in [0.25, 0.3) is 10.1 Å². The van der Waals surface area contributed by atoms with E-state index in [1.54, 1.807) is 0 Å². The van der Waals surface area contributed by atoms with Crippen LogP contribution < -0.4 is 5.32 Å². The number of nitrogens with one attached hydrogen (secondary N) is 1. The summed E-state index contributed by atoms with van der Waals surface area (Å²) in [6.45, 7) is 3.39. The van der Waals surface area contributed by atoms with Crippen LogP contribution in [-0.2, 0) is 0 Å². The Balaban J connectivity index is 2.30. The third kappa shape index (κ3) is 1.10. The van der Waals surface area contributed by atoms with E-state index in [9.17, 15) is 0 Å². The summed E-state index contributed by atoms with van der Waals surface area (Å²) in [5.41, 5.74) is 1.47. The Kier molecular flexibility index (Phi) is 1.49. The lowest BCUT2D eigenvalue weighted by atomic mass is 10.1. The molecule has 0 spiro atoms. The van der Waals surface area contributed by atoms with Gasteiger partial charge in [-0.25, -0.2) is 0 Å². The van der Waals surface area contributed by atoms with Gasteiger partial charge in [0, 0.05) is 16.1 Å². The van der Waals surface area contributed by atoms with Crippen molar-refractivity contribution >= 4 is 21.4 Å². The summed E-state index contributed by atoms with van der Waals surface area (Å²) < 4.78 is 1.42. The molecule has 0 unspecified atom stereocenters. The molecule has 1 fully saturated rings. The van der Waals surface area contributed by atoms with Crippen molar-refractivity contribution in [2.24, 2.45) is 0 Å². The van der Waals surface area contributed by atoms with Crippen LogP contribution in [0.4, 0.5) is 0 Å². The second-order valence-electron chi connectivity index (χ2n) is 3.55. The molecule has 13 heavy (non-hydrogen) atoms. The van der Waals surface area contributed by atoms with E-state index in [2.05, 4.69) is 36.5 Å². The maximum absolute atomic E-state index is 3.36. The largest absolute Gasteiger partial charge is 0.306 e. The molecule has 1 aliphatic rings. The summed E-state index contributed by atoms with van der Waals surface area (Å²) in [6, 6.07) is 9.30. The molecule has 2 heterocycles. The van der Waals surface area contributed by atoms with Crippen LogP contribution in [0.15, 0.2) is 24.3 Å². The van der Waals surface area contributed by atoms with Gasteiger partial charge in [-0.15, -0.1) is 11.3 Å². The molecule has 1 atom stereocenters. The van der Waals surface area contributed by atoms with E-state index in [0.717, 1.165) is 6.54 Å². The van der Waals surface area contributed by atoms with E-state index in [-0.39, 0.29) is 0 Å². The van der Waals surface area contributed by atoms with Gasteiger partial charge in [0.15, 0.2) is 0 Å². The van der Waals surface area contributed by atoms with Crippen molar-refractivity contribution in [1.82, 2.24) is 5.32 Å². The van der Waals surface area contributed by atoms with E-state index in [4.69, 9.17) is 0 Å². The molecule has 0 bridgehead atoms. The van der Waals surface area contributed by atoms with Gasteiger partial charge in [-0.2, -0.15) is 0 Å². The Bertz CT molecular complexity index is 454. The van der Waals surface area contributed by atoms with Crippen molar-refractivity contribution in [2.45, 2.75) is 13.0 Å². The first kappa shape index (κ1) is 7.54. The molecule has 0 aliphatic carbocycles. The number of thiophene rings is 1. The summed E-state index contributed by atoms with van der Waals surface area (Å²) in [5, 5.41) is 4.79. The molecule has 3 rings (SSSR count). The Morgan fingerprint density at radius 1 is 1.38 bits per heavy atom. The second-order valence-corrected chi connectivity index (χ2v) is 4.63. The van der Waals surface area contributed by atoms with Crippen molar-refractivity contribution in [2.75, 3.05) is 6.54 Å². The maximum atomic E-state index is 3.36. The fourth-order valence-corrected chi connectivity index (χ4v) is 3.06. The molecule has 66 valence electrons. The third-order valence-electron chi connectivity index (χ3n) is 2.61. The first-order valence-corrected chi connectivity index (χ1v) is 5.39. The molecule has 1 saturated heterocycles. The Labute approximate surface area is 81.4 Å². The van der Waals surface area contributed by atoms with Gasteiger partial charge in [-0.3, -0.25) is 0 Å². The van der Waals surface area contributed by atoms with Crippen LogP contribution in [0.2, 0.25) is 0 Å². The molecule has 0 amide bonds. The lowest BCUT2D eigenvalue weighted by molar-refractivity contribution is 1.10. The predicted octanol–water partition coefficient (Wildman–Crippen LogP) is 2.85. The van der Waals surface area contributed by atoms with Crippen LogP contribution in [0.3, 0.4) is 0 Å². The Morgan fingerprint density at radius 3 is 2.85 bits per heavy atom. The first-order valence-electron chi connectivity index (χ1n) is 4.57. The average Bonchev–Trinajstić information content (AvgIpc) is 2.94. The quantitative estimate of drug-likeness (QED) is 0.684. The average molecular weight is 189 g/mol. The van der Waals surface area contributed by atoms with Gasteiger partial charge in [-0.1, -0.05) is 18.2 Å². The monoisotopic (exact) mass is 189 g/mol. The van der Waals surface area contributed by atoms with E-state index in [0.29, 0.717) is 6.04 Å². The SMILES string of the molecule is Cc1c([C@H]2CN2)sc2ccccc12. The molecule has 1 aliphatic heterocycles. The highest BCUT2D eigenvalue weighted by Crippen LogP contribution is 2.37. The minimum absolute atomic E-state index is 0.650. The van der Waals surface area contributed by atoms with Gasteiger partial charge in [0.2, 0.25) is 0 Å². The summed E-state index contributed by atoms with van der Waals surface area (Å²) in [5.74, 6) is 0. The van der Waals surface area contributed by atoms with E-state index in [1.807, 2.05) is 11.3 Å². The number of rotatable bonds is 1. The van der Waals surface area contributed by atoms with E-state index < -0.39 is 0 Å². The molecular weight excluding hydrogens is 178 g/mol. The zero-order chi connectivity index (χ0) is 8.84. The summed E-state index contributed by atoms with van der Waals surface area (Å²) in [4.78, 5) is 1.53. The van der Waals surface area contributed by atoms with Crippen LogP contribution >= 0.6 is 11.3 Å². The lowest BCUT2D eigenvalue weighted by Gasteiger charge is -1.92. The van der Waals surface area contributed by atoms with Crippen molar-refractivity contribution in [1.29, 1.82) is 0 Å². The first-order chi connectivity index (χ1) is 6.36. The smallest absolute Gasteiger partial charge is 0.0545 e. The molecule has 1 nitrogen and oxygen atoms in total. The van der Waals surface area contributed by atoms with Crippen molar-refractivity contribution < 1.29 is 0 Å². The molecule has 1 aromatic heterocycles. The fraction of sp³-hybridized carbons (Fsp3) is 0.273. The van der Waals surface area contributed by atoms with Crippen LogP contribution in [0, 0.1) is 6.92 Å². The van der Waals surface area contributed by atoms with Crippen molar-refractivity contribution in [3.63, 3.8) is 0 Å². The molecule has 2 heteroatoms. The zero-order valence-electron chi connectivity index (χ0n) is 7.50. The lowest BCUT2D eigenvalue weighted by Crippen LogP contribution is -1.80. The van der Waals surface area contributed by atoms with E-state index in [1.165, 1.54) is 20.5 Å². The molecular formula is C11H11NS. The number of fused-ring (bicyclic) bond motifs is 1. The molecule has 0 saturated carbocycles. The molecule has 0 radical (unpaired) electrons. The predicted molar refractivity (Wildman–Crippen MR) is 57.3 cm³/mol. The molecule has 1 N–H and O–H groups in total. The standard InChI is InChI=1S/C11H11NS/c1-7-8-4-2-3-5-10(8)13-11(7)9-6-12-9/h2-5,9,12H,6H2,1H3/t9-/m1/s1.